The minimum atomic E-state index is -0.596. The van der Waals surface area contributed by atoms with Gasteiger partial charge in [0.25, 0.3) is 5.56 Å². The second-order valence-corrected chi connectivity index (χ2v) is 22.7. The Bertz CT molecular complexity index is 3780. The van der Waals surface area contributed by atoms with Crippen molar-refractivity contribution in [3.63, 3.8) is 0 Å². The summed E-state index contributed by atoms with van der Waals surface area (Å²) in [6.07, 6.45) is 7.71. The molecule has 0 amide bonds. The number of imidazole rings is 2. The van der Waals surface area contributed by atoms with Crippen LogP contribution in [0.15, 0.2) is 124 Å². The van der Waals surface area contributed by atoms with E-state index in [1.165, 1.54) is 36.6 Å². The lowest BCUT2D eigenvalue weighted by molar-refractivity contribution is 0.104. The molecule has 18 heteroatoms. The highest BCUT2D eigenvalue weighted by atomic mass is 35.5. The van der Waals surface area contributed by atoms with Crippen LogP contribution >= 0.6 is 11.6 Å². The molecule has 0 atom stereocenters. The van der Waals surface area contributed by atoms with Crippen LogP contribution in [-0.4, -0.2) is 116 Å². The van der Waals surface area contributed by atoms with Gasteiger partial charge in [-0.2, -0.15) is 0 Å². The SMILES string of the molecule is Cc1cc(-c2ccc(-n3ccn(C)c3=O)c(F)c2)c(O)c(-c2cccc(N3CCN(C(C)(C)CCc4cc(-c5ccc(-n6ccn(C)c6=O)c(Cl)c5)c(O)c(-c5cc(N6CCN(C(C)(C)C)CC6)n(C)c(=O)c5)n4)CC3)c2)n1. The summed E-state index contributed by atoms with van der Waals surface area (Å²) in [5, 5.41) is 24.3. The van der Waals surface area contributed by atoms with Gasteiger partial charge in [0, 0.05) is 155 Å². The Morgan fingerprint density at radius 3 is 1.78 bits per heavy atom. The Kier molecular flexibility index (Phi) is 14.4. The molecule has 8 aromatic rings. The third-order valence-corrected chi connectivity index (χ3v) is 16.1. The van der Waals surface area contributed by atoms with Gasteiger partial charge in [-0.05, 0) is 120 Å². The van der Waals surface area contributed by atoms with Crippen molar-refractivity contribution >= 4 is 23.1 Å². The van der Waals surface area contributed by atoms with Crippen LogP contribution in [0.1, 0.15) is 52.4 Å². The number of aromatic hydroxyl groups is 2. The van der Waals surface area contributed by atoms with Crippen molar-refractivity contribution in [3.05, 3.63) is 163 Å². The summed E-state index contributed by atoms with van der Waals surface area (Å²) in [7, 11) is 5.06. The maximum atomic E-state index is 15.6. The summed E-state index contributed by atoms with van der Waals surface area (Å²) in [5.74, 6) is 0.0165. The molecule has 2 aliphatic heterocycles. The summed E-state index contributed by atoms with van der Waals surface area (Å²) in [4.78, 5) is 58.6. The average molecular weight is 1080 g/mol. The molecule has 16 nitrogen and oxygen atoms in total. The summed E-state index contributed by atoms with van der Waals surface area (Å²) < 4.78 is 22.8. The Labute approximate surface area is 458 Å². The number of nitrogens with zero attached hydrogens (tertiary/aromatic N) is 11. The molecule has 2 fully saturated rings. The minimum absolute atomic E-state index is 0.0247. The van der Waals surface area contributed by atoms with Crippen molar-refractivity contribution in [2.45, 2.75) is 65.5 Å². The van der Waals surface area contributed by atoms with Gasteiger partial charge in [-0.25, -0.2) is 23.9 Å². The number of anilines is 2. The van der Waals surface area contributed by atoms with E-state index < -0.39 is 5.82 Å². The van der Waals surface area contributed by atoms with Gasteiger partial charge in [-0.3, -0.25) is 28.3 Å². The molecule has 2 N–H and O–H groups in total. The predicted octanol–water partition coefficient (Wildman–Crippen LogP) is 8.79. The molecule has 0 radical (unpaired) electrons. The summed E-state index contributed by atoms with van der Waals surface area (Å²) in [5.41, 5.74) is 5.92. The Morgan fingerprint density at radius 1 is 0.603 bits per heavy atom. The Hall–Kier alpha value is -7.73. The van der Waals surface area contributed by atoms with Crippen LogP contribution < -0.4 is 26.7 Å². The largest absolute Gasteiger partial charge is 0.505 e. The fourth-order valence-electron chi connectivity index (χ4n) is 10.9. The van der Waals surface area contributed by atoms with Gasteiger partial charge in [0.2, 0.25) is 0 Å². The first-order chi connectivity index (χ1) is 37.1. The van der Waals surface area contributed by atoms with Gasteiger partial charge in [-0.15, -0.1) is 0 Å². The van der Waals surface area contributed by atoms with Gasteiger partial charge in [0.1, 0.15) is 34.5 Å². The van der Waals surface area contributed by atoms with Gasteiger partial charge < -0.3 is 29.1 Å². The van der Waals surface area contributed by atoms with Gasteiger partial charge in [0.05, 0.1) is 16.4 Å². The van der Waals surface area contributed by atoms with E-state index in [9.17, 15) is 24.6 Å². The van der Waals surface area contributed by atoms with E-state index in [0.29, 0.717) is 62.0 Å². The first kappa shape index (κ1) is 53.7. The molecular formula is C60H67ClFN11O5. The fraction of sp³-hybridized carbons (Fsp3) is 0.350. The lowest BCUT2D eigenvalue weighted by Gasteiger charge is -2.45. The van der Waals surface area contributed by atoms with Crippen LogP contribution in [0, 0.1) is 12.7 Å². The van der Waals surface area contributed by atoms with Crippen LogP contribution in [0.4, 0.5) is 15.9 Å². The maximum Gasteiger partial charge on any atom is 0.332 e. The molecule has 7 heterocycles. The highest BCUT2D eigenvalue weighted by Crippen LogP contribution is 2.42. The van der Waals surface area contributed by atoms with Crippen LogP contribution in [0.2, 0.25) is 5.02 Å². The summed E-state index contributed by atoms with van der Waals surface area (Å²) in [6, 6.07) is 25.0. The molecule has 406 valence electrons. The van der Waals surface area contributed by atoms with Crippen molar-refractivity contribution in [1.29, 1.82) is 0 Å². The molecule has 2 saturated heterocycles. The zero-order valence-electron chi connectivity index (χ0n) is 45.8. The number of aryl methyl sites for hydroxylation is 4. The Balaban J connectivity index is 0.889. The first-order valence-corrected chi connectivity index (χ1v) is 26.8. The highest BCUT2D eigenvalue weighted by molar-refractivity contribution is 6.32. The van der Waals surface area contributed by atoms with Crippen molar-refractivity contribution in [1.82, 2.24) is 42.6 Å². The van der Waals surface area contributed by atoms with Crippen molar-refractivity contribution in [2.24, 2.45) is 21.1 Å². The first-order valence-electron chi connectivity index (χ1n) is 26.4. The van der Waals surface area contributed by atoms with Gasteiger partial charge >= 0.3 is 11.4 Å². The molecule has 0 aliphatic carbocycles. The molecule has 3 aromatic carbocycles. The van der Waals surface area contributed by atoms with E-state index in [1.807, 2.05) is 43.3 Å². The van der Waals surface area contributed by atoms with E-state index in [0.717, 1.165) is 81.5 Å². The molecule has 0 bridgehead atoms. The van der Waals surface area contributed by atoms with Crippen molar-refractivity contribution in [3.8, 4) is 67.6 Å². The number of halogens is 2. The topological polar surface area (TPSA) is 155 Å². The zero-order valence-corrected chi connectivity index (χ0v) is 46.5. The third-order valence-electron chi connectivity index (χ3n) is 15.8. The van der Waals surface area contributed by atoms with Crippen molar-refractivity contribution < 1.29 is 14.6 Å². The maximum absolute atomic E-state index is 15.6. The number of rotatable bonds is 12. The van der Waals surface area contributed by atoms with Crippen molar-refractivity contribution in [2.75, 3.05) is 62.2 Å². The Morgan fingerprint density at radius 2 is 1.18 bits per heavy atom. The van der Waals surface area contributed by atoms with E-state index in [1.54, 1.807) is 74.6 Å². The standard InChI is InChI=1S/C60H67ClFN11O5/c1-38-31-45(40-14-16-50(48(62)34-40)73-30-20-66(8)58(73)78)55(75)53(63-38)41-11-10-12-44(32-41)68-21-27-71(28-22-68)60(5,6)18-17-43-37-46(39-13-15-49(47(61)33-39)72-29-19-65(7)57(72)77)56(76)54(64-43)42-35-51(67(9)52(74)36-42)69-23-25-70(26-24-69)59(2,3)4/h10-16,19-20,29-37,75-76H,17-18,21-28H2,1-9H3. The van der Waals surface area contributed by atoms with Gasteiger partial charge in [0.15, 0.2) is 0 Å². The molecule has 0 spiro atoms. The average Bonchev–Trinajstić information content (AvgIpc) is 3.95. The summed E-state index contributed by atoms with van der Waals surface area (Å²) >= 11 is 6.93. The number of hydrogen-bond acceptors (Lipinski definition) is 11. The highest BCUT2D eigenvalue weighted by Gasteiger charge is 2.32. The summed E-state index contributed by atoms with van der Waals surface area (Å²) in [6.45, 7) is 19.2. The molecule has 10 rings (SSSR count). The van der Waals surface area contributed by atoms with Crippen LogP contribution in [0.5, 0.6) is 11.5 Å². The molecule has 0 unspecified atom stereocenters. The molecule has 5 aromatic heterocycles. The number of aromatic nitrogens is 7. The lowest BCUT2D eigenvalue weighted by atomic mass is 9.92. The van der Waals surface area contributed by atoms with E-state index in [-0.39, 0.29) is 45.2 Å². The predicted molar refractivity (Wildman–Crippen MR) is 307 cm³/mol. The van der Waals surface area contributed by atoms with E-state index >= 15 is 4.39 Å². The normalized spacial score (nSPS) is 14.9. The minimum Gasteiger partial charge on any atom is -0.505 e. The molecular weight excluding hydrogens is 1010 g/mol. The van der Waals surface area contributed by atoms with E-state index in [2.05, 4.69) is 60.3 Å². The van der Waals surface area contributed by atoms with Crippen LogP contribution in [0.3, 0.4) is 0 Å². The molecule has 78 heavy (non-hydrogen) atoms. The zero-order chi connectivity index (χ0) is 55.5. The van der Waals surface area contributed by atoms with Crippen LogP contribution in [0.25, 0.3) is 56.1 Å². The molecule has 0 saturated carbocycles. The smallest absolute Gasteiger partial charge is 0.332 e. The van der Waals surface area contributed by atoms with E-state index in [4.69, 9.17) is 21.6 Å². The number of hydrogen-bond donors (Lipinski definition) is 2. The number of piperazine rings is 2. The molecule has 2 aliphatic rings. The quantitative estimate of drug-likeness (QED) is 0.121. The lowest BCUT2D eigenvalue weighted by Crippen LogP contribution is -2.54. The second kappa shape index (κ2) is 20.9. The van der Waals surface area contributed by atoms with Crippen LogP contribution in [-0.2, 0) is 27.6 Å². The fourth-order valence-corrected chi connectivity index (χ4v) is 11.2. The monoisotopic (exact) mass is 1080 g/mol. The number of benzene rings is 3. The third kappa shape index (κ3) is 10.4. The number of pyridine rings is 3. The van der Waals surface area contributed by atoms with Gasteiger partial charge in [-0.1, -0.05) is 35.9 Å². The second-order valence-electron chi connectivity index (χ2n) is 22.3.